The van der Waals surface area contributed by atoms with Gasteiger partial charge in [-0.2, -0.15) is 0 Å². The van der Waals surface area contributed by atoms with Gasteiger partial charge in [0.15, 0.2) is 5.96 Å². The van der Waals surface area contributed by atoms with E-state index in [4.69, 9.17) is 22.3 Å². The number of nitrogens with two attached hydrogens (primary N) is 3. The topological polar surface area (TPSA) is 255 Å². The Balaban J connectivity index is 3.11. The number of carbonyl (C=O) groups excluding carboxylic acids is 3. The molecule has 5 atom stereocenters. The Labute approximate surface area is 208 Å². The van der Waals surface area contributed by atoms with Crippen LogP contribution >= 0.6 is 0 Å². The van der Waals surface area contributed by atoms with Crippen LogP contribution in [0.4, 0.5) is 0 Å². The minimum atomic E-state index is -1.58. The van der Waals surface area contributed by atoms with Crippen molar-refractivity contribution in [3.63, 3.8) is 0 Å². The molecular formula is C22H35N7O7. The molecule has 0 aliphatic rings. The predicted octanol–water partition coefficient (Wildman–Crippen LogP) is -3.48. The van der Waals surface area contributed by atoms with Crippen molar-refractivity contribution < 1.29 is 34.5 Å². The number of carboxylic acids is 1. The van der Waals surface area contributed by atoms with Crippen LogP contribution in [0.15, 0.2) is 35.3 Å². The number of aliphatic hydroxyl groups excluding tert-OH is 2. The summed E-state index contributed by atoms with van der Waals surface area (Å²) in [6.45, 7) is 0.602. The molecule has 1 aromatic rings. The molecule has 0 bridgehead atoms. The minimum Gasteiger partial charge on any atom is -0.480 e. The molecule has 3 amide bonds. The fourth-order valence-electron chi connectivity index (χ4n) is 3.05. The first-order valence-corrected chi connectivity index (χ1v) is 11.2. The van der Waals surface area contributed by atoms with Crippen molar-refractivity contribution >= 4 is 29.7 Å². The molecule has 0 aliphatic heterocycles. The van der Waals surface area contributed by atoms with Gasteiger partial charge in [0.25, 0.3) is 0 Å². The first-order valence-electron chi connectivity index (χ1n) is 11.2. The van der Waals surface area contributed by atoms with Crippen molar-refractivity contribution in [2.24, 2.45) is 22.2 Å². The van der Waals surface area contributed by atoms with Crippen LogP contribution in [0.1, 0.15) is 25.3 Å². The van der Waals surface area contributed by atoms with Crippen LogP contribution in [0.5, 0.6) is 0 Å². The lowest BCUT2D eigenvalue weighted by atomic mass is 10.0. The van der Waals surface area contributed by atoms with Gasteiger partial charge < -0.3 is 48.5 Å². The lowest BCUT2D eigenvalue weighted by molar-refractivity contribution is -0.143. The number of hydrogen-bond donors (Lipinski definition) is 9. The number of rotatable bonds is 15. The first kappa shape index (κ1) is 30.3. The normalized spacial score (nSPS) is 14.9. The molecule has 1 rings (SSSR count). The van der Waals surface area contributed by atoms with Crippen LogP contribution in [-0.2, 0) is 25.6 Å². The quantitative estimate of drug-likeness (QED) is 0.0640. The number of aliphatic hydroxyl groups is 2. The second-order valence-electron chi connectivity index (χ2n) is 8.11. The van der Waals surface area contributed by atoms with Gasteiger partial charge in [-0.3, -0.25) is 19.4 Å². The zero-order chi connectivity index (χ0) is 27.3. The zero-order valence-electron chi connectivity index (χ0n) is 20.0. The Morgan fingerprint density at radius 1 is 0.944 bits per heavy atom. The molecule has 14 heteroatoms. The van der Waals surface area contributed by atoms with Crippen molar-refractivity contribution in [1.82, 2.24) is 16.0 Å². The fraction of sp³-hybridized carbons (Fsp3) is 0.500. The molecule has 5 unspecified atom stereocenters. The van der Waals surface area contributed by atoms with Crippen molar-refractivity contribution in [2.75, 3.05) is 13.2 Å². The Morgan fingerprint density at radius 3 is 2.03 bits per heavy atom. The summed E-state index contributed by atoms with van der Waals surface area (Å²) in [4.78, 5) is 53.4. The second-order valence-corrected chi connectivity index (χ2v) is 8.11. The maximum Gasteiger partial charge on any atom is 0.328 e. The molecule has 14 nitrogen and oxygen atoms in total. The largest absolute Gasteiger partial charge is 0.480 e. The minimum absolute atomic E-state index is 0.0192. The molecule has 0 radical (unpaired) electrons. The monoisotopic (exact) mass is 509 g/mol. The molecule has 0 saturated carbocycles. The summed E-state index contributed by atoms with van der Waals surface area (Å²) in [7, 11) is 0. The van der Waals surface area contributed by atoms with Gasteiger partial charge >= 0.3 is 5.97 Å². The third-order valence-corrected chi connectivity index (χ3v) is 5.11. The van der Waals surface area contributed by atoms with Gasteiger partial charge in [0.05, 0.1) is 12.7 Å². The van der Waals surface area contributed by atoms with Gasteiger partial charge in [0.2, 0.25) is 17.7 Å². The van der Waals surface area contributed by atoms with Gasteiger partial charge in [-0.15, -0.1) is 0 Å². The Hall–Kier alpha value is -3.75. The van der Waals surface area contributed by atoms with Crippen molar-refractivity contribution in [2.45, 2.75) is 56.5 Å². The van der Waals surface area contributed by atoms with E-state index in [-0.39, 0.29) is 31.8 Å². The highest BCUT2D eigenvalue weighted by atomic mass is 16.4. The van der Waals surface area contributed by atoms with Crippen LogP contribution in [0, 0.1) is 0 Å². The van der Waals surface area contributed by atoms with E-state index in [1.807, 2.05) is 0 Å². The average molecular weight is 510 g/mol. The van der Waals surface area contributed by atoms with Gasteiger partial charge in [0.1, 0.15) is 24.2 Å². The van der Waals surface area contributed by atoms with Crippen molar-refractivity contribution in [1.29, 1.82) is 0 Å². The van der Waals surface area contributed by atoms with Gasteiger partial charge in [-0.1, -0.05) is 30.3 Å². The lowest BCUT2D eigenvalue weighted by Gasteiger charge is -2.25. The summed E-state index contributed by atoms with van der Waals surface area (Å²) in [6.07, 6.45) is -0.867. The van der Waals surface area contributed by atoms with E-state index in [0.29, 0.717) is 5.56 Å². The third-order valence-electron chi connectivity index (χ3n) is 5.11. The number of carboxylic acid groups (broad SMARTS) is 1. The van der Waals surface area contributed by atoms with E-state index >= 15 is 0 Å². The molecule has 0 spiro atoms. The fourth-order valence-corrected chi connectivity index (χ4v) is 3.05. The molecule has 0 heterocycles. The van der Waals surface area contributed by atoms with Gasteiger partial charge in [-0.25, -0.2) is 4.79 Å². The summed E-state index contributed by atoms with van der Waals surface area (Å²) >= 11 is 0. The summed E-state index contributed by atoms with van der Waals surface area (Å²) in [5.41, 5.74) is 17.0. The third kappa shape index (κ3) is 10.7. The number of aliphatic carboxylic acids is 1. The SMILES string of the molecule is CC(O)C(N)C(=O)NC(Cc1ccccc1)C(=O)NC(CCCN=C(N)N)C(=O)NC(CO)C(=O)O. The molecule has 36 heavy (non-hydrogen) atoms. The Bertz CT molecular complexity index is 907. The number of guanidine groups is 1. The standard InChI is InChI=1S/C22H35N7O7/c1-12(31)17(23)20(34)28-15(10-13-6-3-2-4-7-13)19(33)27-14(8-5-9-26-22(24)25)18(32)29-16(11-30)21(35)36/h2-4,6-7,12,14-17,30-31H,5,8-11,23H2,1H3,(H,27,33)(H,28,34)(H,29,32)(H,35,36)(H4,24,25,26). The number of nitrogens with one attached hydrogen (secondary N) is 3. The molecule has 0 saturated heterocycles. The summed E-state index contributed by atoms with van der Waals surface area (Å²) in [6, 6.07) is 3.44. The molecule has 0 fully saturated rings. The Morgan fingerprint density at radius 2 is 1.50 bits per heavy atom. The number of benzene rings is 1. The van der Waals surface area contributed by atoms with Crippen LogP contribution in [0.2, 0.25) is 0 Å². The molecule has 1 aromatic carbocycles. The zero-order valence-corrected chi connectivity index (χ0v) is 20.0. The van der Waals surface area contributed by atoms with Crippen LogP contribution in [0.3, 0.4) is 0 Å². The molecular weight excluding hydrogens is 474 g/mol. The molecule has 0 aliphatic carbocycles. The van der Waals surface area contributed by atoms with E-state index in [0.717, 1.165) is 0 Å². The smallest absolute Gasteiger partial charge is 0.328 e. The highest BCUT2D eigenvalue weighted by Gasteiger charge is 2.30. The number of amides is 3. The molecule has 200 valence electrons. The predicted molar refractivity (Wildman–Crippen MR) is 130 cm³/mol. The van der Waals surface area contributed by atoms with E-state index < -0.39 is 60.6 Å². The van der Waals surface area contributed by atoms with Crippen LogP contribution in [0.25, 0.3) is 0 Å². The summed E-state index contributed by atoms with van der Waals surface area (Å²) in [5.74, 6) is -4.01. The number of hydrogen-bond acceptors (Lipinski definition) is 8. The maximum atomic E-state index is 13.2. The number of nitrogens with zero attached hydrogens (tertiary/aromatic N) is 1. The average Bonchev–Trinajstić information content (AvgIpc) is 2.83. The molecule has 12 N–H and O–H groups in total. The lowest BCUT2D eigenvalue weighted by Crippen LogP contribution is -2.58. The van der Waals surface area contributed by atoms with Crippen LogP contribution in [-0.4, -0.2) is 88.4 Å². The van der Waals surface area contributed by atoms with Crippen molar-refractivity contribution in [3.05, 3.63) is 35.9 Å². The van der Waals surface area contributed by atoms with E-state index in [9.17, 15) is 29.4 Å². The van der Waals surface area contributed by atoms with E-state index in [1.165, 1.54) is 6.92 Å². The maximum absolute atomic E-state index is 13.2. The first-order chi connectivity index (χ1) is 17.0. The highest BCUT2D eigenvalue weighted by molar-refractivity contribution is 5.94. The van der Waals surface area contributed by atoms with E-state index in [2.05, 4.69) is 20.9 Å². The Kier molecular flexibility index (Phi) is 12.9. The van der Waals surface area contributed by atoms with Gasteiger partial charge in [0, 0.05) is 13.0 Å². The highest BCUT2D eigenvalue weighted by Crippen LogP contribution is 2.07. The van der Waals surface area contributed by atoms with Crippen LogP contribution < -0.4 is 33.2 Å². The summed E-state index contributed by atoms with van der Waals surface area (Å²) in [5, 5.41) is 35.1. The second kappa shape index (κ2) is 15.3. The van der Waals surface area contributed by atoms with E-state index in [1.54, 1.807) is 30.3 Å². The van der Waals surface area contributed by atoms with Crippen molar-refractivity contribution in [3.8, 4) is 0 Å². The number of carbonyl (C=O) groups is 4. The summed E-state index contributed by atoms with van der Waals surface area (Å²) < 4.78 is 0. The number of aliphatic imine (C=N–C) groups is 1. The van der Waals surface area contributed by atoms with Gasteiger partial charge in [-0.05, 0) is 25.3 Å². The molecule has 0 aromatic heterocycles.